The molecule has 1 N–H and O–H groups in total. The number of halogens is 1. The van der Waals surface area contributed by atoms with Crippen molar-refractivity contribution >= 4 is 38.9 Å². The van der Waals surface area contributed by atoms with Crippen LogP contribution < -0.4 is 9.62 Å². The Morgan fingerprint density at radius 2 is 1.43 bits per heavy atom. The number of sulfonamides is 1. The van der Waals surface area contributed by atoms with Gasteiger partial charge in [0.15, 0.2) is 0 Å². The Morgan fingerprint density at radius 3 is 2.03 bits per heavy atom. The van der Waals surface area contributed by atoms with E-state index in [1.807, 2.05) is 72.8 Å². The average molecular weight is 503 g/mol. The summed E-state index contributed by atoms with van der Waals surface area (Å²) in [4.78, 5) is 13.7. The Morgan fingerprint density at radius 1 is 0.829 bits per heavy atom. The first-order chi connectivity index (χ1) is 16.9. The number of fused-ring (bicyclic) bond motifs is 1. The van der Waals surface area contributed by atoms with Gasteiger partial charge in [-0.25, -0.2) is 8.42 Å². The Balaban J connectivity index is 1.45. The smallest absolute Gasteiger partial charge is 0.264 e. The van der Waals surface area contributed by atoms with Crippen molar-refractivity contribution in [3.05, 3.63) is 125 Å². The minimum atomic E-state index is -3.75. The minimum Gasteiger partial charge on any atom is -0.325 e. The number of carbonyl (C=O) groups is 1. The van der Waals surface area contributed by atoms with Crippen molar-refractivity contribution < 1.29 is 13.2 Å². The lowest BCUT2D eigenvalue weighted by Gasteiger charge is -2.21. The second-order valence-corrected chi connectivity index (χ2v) is 10.7. The van der Waals surface area contributed by atoms with Gasteiger partial charge in [0.2, 0.25) is 5.91 Å². The Bertz CT molecular complexity index is 1420. The first-order valence-corrected chi connectivity index (χ1v) is 13.1. The van der Waals surface area contributed by atoms with Crippen LogP contribution in [0.15, 0.2) is 108 Å². The molecule has 0 unspecified atom stereocenters. The lowest BCUT2D eigenvalue weighted by Crippen LogP contribution is -2.29. The predicted molar refractivity (Wildman–Crippen MR) is 139 cm³/mol. The van der Waals surface area contributed by atoms with E-state index in [-0.39, 0.29) is 10.8 Å². The van der Waals surface area contributed by atoms with Gasteiger partial charge in [-0.05, 0) is 59.5 Å². The van der Waals surface area contributed by atoms with Gasteiger partial charge in [0.05, 0.1) is 16.5 Å². The SMILES string of the molecule is O=C(Nc1ccc2c(c1)N(S(=O)(=O)c1ccc(Cl)cc1)CC2)C(c1ccccc1)c1ccccc1. The molecule has 0 spiro atoms. The van der Waals surface area contributed by atoms with Crippen LogP contribution in [0.4, 0.5) is 11.4 Å². The molecule has 0 atom stereocenters. The molecule has 1 aliphatic heterocycles. The van der Waals surface area contributed by atoms with Crippen LogP contribution in [0.1, 0.15) is 22.6 Å². The summed E-state index contributed by atoms with van der Waals surface area (Å²) in [5, 5.41) is 3.48. The van der Waals surface area contributed by atoms with Crippen LogP contribution in [0.25, 0.3) is 0 Å². The summed E-state index contributed by atoms with van der Waals surface area (Å²) in [6, 6.07) is 30.8. The number of rotatable bonds is 6. The maximum atomic E-state index is 13.5. The minimum absolute atomic E-state index is 0.178. The number of anilines is 2. The highest BCUT2D eigenvalue weighted by molar-refractivity contribution is 7.92. The number of amides is 1. The fraction of sp³-hybridized carbons (Fsp3) is 0.107. The van der Waals surface area contributed by atoms with E-state index in [4.69, 9.17) is 11.6 Å². The Kier molecular flexibility index (Phi) is 6.32. The molecule has 0 fully saturated rings. The highest BCUT2D eigenvalue weighted by atomic mass is 35.5. The summed E-state index contributed by atoms with van der Waals surface area (Å²) in [6.07, 6.45) is 0.604. The molecule has 0 aliphatic carbocycles. The fourth-order valence-corrected chi connectivity index (χ4v) is 6.03. The van der Waals surface area contributed by atoms with Crippen LogP contribution in [0.2, 0.25) is 5.02 Å². The molecule has 1 amide bonds. The molecule has 1 aliphatic rings. The third-order valence-electron chi connectivity index (χ3n) is 6.14. The topological polar surface area (TPSA) is 66.5 Å². The van der Waals surface area contributed by atoms with E-state index in [1.54, 1.807) is 18.2 Å². The summed E-state index contributed by atoms with van der Waals surface area (Å²) >= 11 is 5.94. The normalized spacial score (nSPS) is 13.0. The van der Waals surface area contributed by atoms with Crippen LogP contribution >= 0.6 is 11.6 Å². The molecule has 0 bridgehead atoms. The summed E-state index contributed by atoms with van der Waals surface area (Å²) < 4.78 is 28.0. The van der Waals surface area contributed by atoms with Gasteiger partial charge < -0.3 is 5.32 Å². The van der Waals surface area contributed by atoms with E-state index in [2.05, 4.69) is 5.32 Å². The standard InChI is InChI=1S/C28H23ClN2O3S/c29-23-12-15-25(16-13-23)35(33,34)31-18-17-20-11-14-24(19-26(20)31)30-28(32)27(21-7-3-1-4-8-21)22-9-5-2-6-10-22/h1-16,19,27H,17-18H2,(H,30,32). The molecule has 35 heavy (non-hydrogen) atoms. The summed E-state index contributed by atoms with van der Waals surface area (Å²) in [5.74, 6) is -0.688. The van der Waals surface area contributed by atoms with Crippen molar-refractivity contribution in [1.29, 1.82) is 0 Å². The molecule has 0 saturated heterocycles. The van der Waals surface area contributed by atoms with Gasteiger partial charge in [-0.2, -0.15) is 0 Å². The maximum absolute atomic E-state index is 13.5. The van der Waals surface area contributed by atoms with Crippen molar-refractivity contribution in [1.82, 2.24) is 0 Å². The van der Waals surface area contributed by atoms with Crippen molar-refractivity contribution in [3.63, 3.8) is 0 Å². The zero-order valence-electron chi connectivity index (χ0n) is 18.8. The molecule has 0 saturated carbocycles. The molecule has 4 aromatic rings. The van der Waals surface area contributed by atoms with Gasteiger partial charge in [-0.3, -0.25) is 9.10 Å². The summed E-state index contributed by atoms with van der Waals surface area (Å²) in [5.41, 5.74) is 3.80. The van der Waals surface area contributed by atoms with Crippen molar-refractivity contribution in [2.75, 3.05) is 16.2 Å². The van der Waals surface area contributed by atoms with E-state index in [0.717, 1.165) is 16.7 Å². The highest BCUT2D eigenvalue weighted by Crippen LogP contribution is 2.36. The number of hydrogen-bond donors (Lipinski definition) is 1. The highest BCUT2D eigenvalue weighted by Gasteiger charge is 2.31. The molecule has 5 rings (SSSR count). The van der Waals surface area contributed by atoms with Crippen LogP contribution in [0.5, 0.6) is 0 Å². The van der Waals surface area contributed by atoms with E-state index >= 15 is 0 Å². The maximum Gasteiger partial charge on any atom is 0.264 e. The van der Waals surface area contributed by atoms with Gasteiger partial charge in [-0.1, -0.05) is 78.3 Å². The predicted octanol–water partition coefficient (Wildman–Crippen LogP) is 5.86. The molecular formula is C28H23ClN2O3S. The number of nitrogens with zero attached hydrogens (tertiary/aromatic N) is 1. The molecule has 1 heterocycles. The van der Waals surface area contributed by atoms with E-state index in [1.165, 1.54) is 16.4 Å². The van der Waals surface area contributed by atoms with Crippen LogP contribution in [-0.4, -0.2) is 20.9 Å². The number of nitrogens with one attached hydrogen (secondary N) is 1. The number of benzene rings is 4. The lowest BCUT2D eigenvalue weighted by atomic mass is 9.90. The first-order valence-electron chi connectivity index (χ1n) is 11.3. The third-order valence-corrected chi connectivity index (χ3v) is 8.21. The van der Waals surface area contributed by atoms with E-state index < -0.39 is 15.9 Å². The van der Waals surface area contributed by atoms with Crippen LogP contribution in [0.3, 0.4) is 0 Å². The molecule has 0 aromatic heterocycles. The fourth-order valence-electron chi connectivity index (χ4n) is 4.41. The zero-order chi connectivity index (χ0) is 24.4. The first kappa shape index (κ1) is 23.1. The monoisotopic (exact) mass is 502 g/mol. The second-order valence-electron chi connectivity index (χ2n) is 8.37. The van der Waals surface area contributed by atoms with Gasteiger partial charge in [0.25, 0.3) is 10.0 Å². The largest absolute Gasteiger partial charge is 0.325 e. The van der Waals surface area contributed by atoms with Gasteiger partial charge in [0, 0.05) is 17.3 Å². The van der Waals surface area contributed by atoms with E-state index in [0.29, 0.717) is 29.4 Å². The lowest BCUT2D eigenvalue weighted by molar-refractivity contribution is -0.116. The van der Waals surface area contributed by atoms with Crippen molar-refractivity contribution in [2.45, 2.75) is 17.2 Å². The average Bonchev–Trinajstić information content (AvgIpc) is 3.30. The quantitative estimate of drug-likeness (QED) is 0.359. The van der Waals surface area contributed by atoms with Crippen LogP contribution in [-0.2, 0) is 21.2 Å². The van der Waals surface area contributed by atoms with Crippen molar-refractivity contribution in [2.24, 2.45) is 0 Å². The van der Waals surface area contributed by atoms with Crippen LogP contribution in [0, 0.1) is 0 Å². The van der Waals surface area contributed by atoms with Gasteiger partial charge in [-0.15, -0.1) is 0 Å². The van der Waals surface area contributed by atoms with Gasteiger partial charge in [0.1, 0.15) is 0 Å². The molecule has 5 nitrogen and oxygen atoms in total. The second kappa shape index (κ2) is 9.56. The summed E-state index contributed by atoms with van der Waals surface area (Å²) in [7, 11) is -3.75. The molecular weight excluding hydrogens is 480 g/mol. The molecule has 7 heteroatoms. The molecule has 176 valence electrons. The third kappa shape index (κ3) is 4.67. The number of hydrogen-bond acceptors (Lipinski definition) is 3. The number of carbonyl (C=O) groups excluding carboxylic acids is 1. The molecule has 4 aromatic carbocycles. The van der Waals surface area contributed by atoms with Gasteiger partial charge >= 0.3 is 0 Å². The van der Waals surface area contributed by atoms with Crippen molar-refractivity contribution in [3.8, 4) is 0 Å². The Labute approximate surface area is 210 Å². The molecule has 0 radical (unpaired) electrons. The van der Waals surface area contributed by atoms with E-state index in [9.17, 15) is 13.2 Å². The summed E-state index contributed by atoms with van der Waals surface area (Å²) in [6.45, 7) is 0.342. The zero-order valence-corrected chi connectivity index (χ0v) is 20.3. The Hall–Kier alpha value is -3.61.